The molecule has 0 unspecified atom stereocenters. The maximum atomic E-state index is 12.1. The van der Waals surface area contributed by atoms with E-state index in [-0.39, 0.29) is 0 Å². The average molecular weight is 509 g/mol. The standard InChI is InChI=1S/C20H20P.C12H11O2P/c1-2-21(18-12-6-3-7-13-18,19-14-8-4-9-15-19)20-16-10-5-11-17-20;13-15(14,11-7-3-1-4-8-11)12-9-5-2-6-10-12/h3-17H,2H2,1H3;1-10H,(H,13,14)/q+1;/p-1. The van der Waals surface area contributed by atoms with Crippen LogP contribution in [0.15, 0.2) is 152 Å². The summed E-state index contributed by atoms with van der Waals surface area (Å²) in [6.45, 7) is 2.32. The van der Waals surface area contributed by atoms with Crippen molar-refractivity contribution in [3.05, 3.63) is 152 Å². The van der Waals surface area contributed by atoms with Crippen LogP contribution in [-0.2, 0) is 4.57 Å². The molecule has 0 radical (unpaired) electrons. The summed E-state index contributed by atoms with van der Waals surface area (Å²) in [5, 5.41) is 5.10. The van der Waals surface area contributed by atoms with Gasteiger partial charge in [0.25, 0.3) is 0 Å². The second kappa shape index (κ2) is 12.1. The van der Waals surface area contributed by atoms with E-state index in [9.17, 15) is 9.46 Å². The number of hydrogen-bond acceptors (Lipinski definition) is 2. The topological polar surface area (TPSA) is 40.1 Å². The molecule has 0 saturated carbocycles. The Balaban J connectivity index is 0.000000179. The normalized spacial score (nSPS) is 11.3. The summed E-state index contributed by atoms with van der Waals surface area (Å²) >= 11 is 0. The highest BCUT2D eigenvalue weighted by atomic mass is 31.2. The zero-order chi connectivity index (χ0) is 25.3. The van der Waals surface area contributed by atoms with Gasteiger partial charge in [-0.1, -0.05) is 115 Å². The van der Waals surface area contributed by atoms with Gasteiger partial charge in [0.2, 0.25) is 0 Å². The molecule has 5 aromatic rings. The van der Waals surface area contributed by atoms with Crippen LogP contribution in [0.3, 0.4) is 0 Å². The predicted molar refractivity (Wildman–Crippen MR) is 155 cm³/mol. The number of rotatable bonds is 6. The Morgan fingerprint density at radius 3 is 1.00 bits per heavy atom. The minimum absolute atomic E-state index is 0.358. The molecule has 0 amide bonds. The van der Waals surface area contributed by atoms with Gasteiger partial charge < -0.3 is 9.46 Å². The van der Waals surface area contributed by atoms with E-state index in [0.717, 1.165) is 6.16 Å². The van der Waals surface area contributed by atoms with Gasteiger partial charge in [0, 0.05) is 10.6 Å². The van der Waals surface area contributed by atoms with Gasteiger partial charge in [-0.25, -0.2) is 0 Å². The van der Waals surface area contributed by atoms with Crippen LogP contribution < -0.4 is 31.4 Å². The van der Waals surface area contributed by atoms with E-state index in [1.165, 1.54) is 15.9 Å². The Hall–Kier alpha value is -3.28. The van der Waals surface area contributed by atoms with Crippen LogP contribution in [-0.4, -0.2) is 6.16 Å². The highest BCUT2D eigenvalue weighted by Gasteiger charge is 2.43. The molecule has 4 heteroatoms. The Morgan fingerprint density at radius 2 is 0.750 bits per heavy atom. The van der Waals surface area contributed by atoms with E-state index >= 15 is 0 Å². The second-order valence-electron chi connectivity index (χ2n) is 8.36. The molecule has 0 N–H and O–H groups in total. The molecule has 0 aliphatic carbocycles. The lowest BCUT2D eigenvalue weighted by atomic mass is 10.4. The Kier molecular flexibility index (Phi) is 8.68. The molecule has 0 aromatic heterocycles. The summed E-state index contributed by atoms with van der Waals surface area (Å²) in [4.78, 5) is 12.1. The van der Waals surface area contributed by atoms with Crippen molar-refractivity contribution in [2.24, 2.45) is 0 Å². The SMILES string of the molecule is CC[P+](c1ccccc1)(c1ccccc1)c1ccccc1.O=P([O-])(c1ccccc1)c1ccccc1. The zero-order valence-corrected chi connectivity index (χ0v) is 22.1. The molecule has 0 atom stereocenters. The zero-order valence-electron chi connectivity index (χ0n) is 20.4. The molecular formula is C32H30O2P2. The summed E-state index contributed by atoms with van der Waals surface area (Å²) < 4.78 is 12.1. The van der Waals surface area contributed by atoms with Crippen LogP contribution in [0.2, 0.25) is 0 Å². The van der Waals surface area contributed by atoms with Gasteiger partial charge in [-0.3, -0.25) is 0 Å². The maximum Gasteiger partial charge on any atom is 0.111 e. The van der Waals surface area contributed by atoms with Crippen molar-refractivity contribution in [3.63, 3.8) is 0 Å². The first-order chi connectivity index (χ1) is 17.6. The van der Waals surface area contributed by atoms with Crippen LogP contribution in [0.5, 0.6) is 0 Å². The molecule has 5 aromatic carbocycles. The third-order valence-electron chi connectivity index (χ3n) is 6.26. The average Bonchev–Trinajstić information content (AvgIpc) is 2.97. The molecule has 0 bridgehead atoms. The smallest absolute Gasteiger partial charge is 0.111 e. The third kappa shape index (κ3) is 5.58. The van der Waals surface area contributed by atoms with Crippen molar-refractivity contribution in [1.82, 2.24) is 0 Å². The predicted octanol–water partition coefficient (Wildman–Crippen LogP) is 5.28. The quantitative estimate of drug-likeness (QED) is 0.293. The van der Waals surface area contributed by atoms with Crippen LogP contribution in [0.25, 0.3) is 0 Å². The van der Waals surface area contributed by atoms with Crippen LogP contribution in [0.1, 0.15) is 6.92 Å². The fourth-order valence-electron chi connectivity index (χ4n) is 4.44. The van der Waals surface area contributed by atoms with Gasteiger partial charge >= 0.3 is 0 Å². The molecule has 180 valence electrons. The van der Waals surface area contributed by atoms with Crippen molar-refractivity contribution in [2.45, 2.75) is 6.92 Å². The lowest BCUT2D eigenvalue weighted by Crippen LogP contribution is -2.32. The summed E-state index contributed by atoms with van der Waals surface area (Å²) in [6.07, 6.45) is 1.14. The van der Waals surface area contributed by atoms with Gasteiger partial charge in [-0.05, 0) is 43.3 Å². The summed E-state index contributed by atoms with van der Waals surface area (Å²) in [7, 11) is -5.18. The third-order valence-corrected chi connectivity index (χ3v) is 12.7. The van der Waals surface area contributed by atoms with Crippen molar-refractivity contribution < 1.29 is 9.46 Å². The Labute approximate surface area is 215 Å². The fourth-order valence-corrected chi connectivity index (χ4v) is 9.90. The summed E-state index contributed by atoms with van der Waals surface area (Å²) in [5.74, 6) is 0. The van der Waals surface area contributed by atoms with Crippen molar-refractivity contribution in [2.75, 3.05) is 6.16 Å². The van der Waals surface area contributed by atoms with E-state index in [1.54, 1.807) is 60.7 Å². The van der Waals surface area contributed by atoms with E-state index in [2.05, 4.69) is 97.9 Å². The van der Waals surface area contributed by atoms with Gasteiger partial charge in [0.1, 0.15) is 23.2 Å². The van der Waals surface area contributed by atoms with Crippen LogP contribution >= 0.6 is 14.6 Å². The minimum atomic E-state index is -3.65. The first-order valence-corrected chi connectivity index (χ1v) is 15.7. The molecule has 0 aliphatic rings. The van der Waals surface area contributed by atoms with Crippen LogP contribution in [0, 0.1) is 0 Å². The lowest BCUT2D eigenvalue weighted by Gasteiger charge is -2.26. The van der Waals surface area contributed by atoms with Gasteiger partial charge in [-0.15, -0.1) is 0 Å². The van der Waals surface area contributed by atoms with Crippen molar-refractivity contribution in [3.8, 4) is 0 Å². The largest absolute Gasteiger partial charge is 0.793 e. The molecule has 0 spiro atoms. The van der Waals surface area contributed by atoms with Crippen molar-refractivity contribution in [1.29, 1.82) is 0 Å². The van der Waals surface area contributed by atoms with E-state index in [0.29, 0.717) is 10.6 Å². The Bertz CT molecular complexity index is 1240. The first-order valence-electron chi connectivity index (χ1n) is 12.1. The second-order valence-corrected chi connectivity index (χ2v) is 14.3. The fraction of sp³-hybridized carbons (Fsp3) is 0.0625. The molecule has 0 fully saturated rings. The van der Waals surface area contributed by atoms with Crippen molar-refractivity contribution >= 4 is 41.2 Å². The maximum absolute atomic E-state index is 12.1. The molecule has 0 aliphatic heterocycles. The highest BCUT2D eigenvalue weighted by molar-refractivity contribution is 7.95. The van der Waals surface area contributed by atoms with E-state index in [1.807, 2.05) is 0 Å². The van der Waals surface area contributed by atoms with Gasteiger partial charge in [-0.2, -0.15) is 0 Å². The molecular weight excluding hydrogens is 478 g/mol. The van der Waals surface area contributed by atoms with Crippen LogP contribution in [0.4, 0.5) is 0 Å². The van der Waals surface area contributed by atoms with E-state index < -0.39 is 14.6 Å². The number of hydrogen-bond donors (Lipinski definition) is 0. The molecule has 36 heavy (non-hydrogen) atoms. The van der Waals surface area contributed by atoms with Gasteiger partial charge in [0.15, 0.2) is 0 Å². The minimum Gasteiger partial charge on any atom is -0.793 e. The van der Waals surface area contributed by atoms with E-state index in [4.69, 9.17) is 0 Å². The highest BCUT2D eigenvalue weighted by Crippen LogP contribution is 2.54. The Morgan fingerprint density at radius 1 is 0.500 bits per heavy atom. The first kappa shape index (κ1) is 25.8. The summed E-state index contributed by atoms with van der Waals surface area (Å²) in [6, 6.07) is 49.9. The molecule has 0 heterocycles. The lowest BCUT2D eigenvalue weighted by molar-refractivity contribution is -0.167. The molecule has 0 saturated heterocycles. The monoisotopic (exact) mass is 508 g/mol. The number of benzene rings is 5. The summed E-state index contributed by atoms with van der Waals surface area (Å²) in [5.41, 5.74) is 0. The van der Waals surface area contributed by atoms with Gasteiger partial charge in [0.05, 0.1) is 13.5 Å². The molecule has 2 nitrogen and oxygen atoms in total. The molecule has 5 rings (SSSR count).